The summed E-state index contributed by atoms with van der Waals surface area (Å²) >= 11 is 0. The Labute approximate surface area is 221 Å². The number of rotatable bonds is 5. The molecule has 7 atom stereocenters. The lowest BCUT2D eigenvalue weighted by molar-refractivity contribution is -0.322. The molecule has 9 nitrogen and oxygen atoms in total. The number of aliphatic hydroxyl groups is 1. The Bertz CT molecular complexity index is 1220. The van der Waals surface area contributed by atoms with Gasteiger partial charge in [0.2, 0.25) is 5.76 Å². The monoisotopic (exact) mass is 526 g/mol. The van der Waals surface area contributed by atoms with Crippen LogP contribution in [0.1, 0.15) is 74.8 Å². The van der Waals surface area contributed by atoms with Gasteiger partial charge in [-0.05, 0) is 70.7 Å². The number of benzene rings is 1. The molecule has 2 aliphatic carbocycles. The van der Waals surface area contributed by atoms with E-state index in [2.05, 4.69) is 0 Å². The van der Waals surface area contributed by atoms with Crippen LogP contribution in [0.25, 0.3) is 0 Å². The lowest BCUT2D eigenvalue weighted by Gasteiger charge is -2.63. The quantitative estimate of drug-likeness (QED) is 0.454. The molecule has 9 heteroatoms. The van der Waals surface area contributed by atoms with Crippen molar-refractivity contribution in [3.8, 4) is 0 Å². The third kappa shape index (κ3) is 3.94. The lowest BCUT2D eigenvalue weighted by atomic mass is 9.48. The zero-order valence-electron chi connectivity index (χ0n) is 22.3. The number of carbonyl (C=O) groups is 3. The molecule has 1 aromatic carbocycles. The highest BCUT2D eigenvalue weighted by molar-refractivity contribution is 5.89. The van der Waals surface area contributed by atoms with Gasteiger partial charge in [-0.1, -0.05) is 18.2 Å². The highest BCUT2D eigenvalue weighted by Gasteiger charge is 2.79. The minimum atomic E-state index is -1.51. The Kier molecular flexibility index (Phi) is 6.23. The molecule has 1 aliphatic heterocycles. The average Bonchev–Trinajstić information content (AvgIpc) is 3.46. The van der Waals surface area contributed by atoms with Crippen molar-refractivity contribution in [2.75, 3.05) is 0 Å². The molecule has 3 aliphatic rings. The standard InChI is InChI=1S/C29H34O9/c1-17(30)35-21-16-27(4,33)29-15-19(26(2,3)38-29)14-22(36-24(31)18-10-7-6-8-11-18)28(29,5)23(21)37-25(32)20-12-9-13-34-20/h6-13,19,21-23,33H,14-16H2,1-5H3/t19-,21-,22+,23+,27+,28-,29+/m1/s1. The van der Waals surface area contributed by atoms with Crippen LogP contribution in [0.3, 0.4) is 0 Å². The molecule has 0 radical (unpaired) electrons. The second-order valence-corrected chi connectivity index (χ2v) is 11.6. The SMILES string of the molecule is CC(=O)O[C@@H]1C[C@](C)(O)[C@@]23C[C@@H](C[C@H](OC(=O)c4ccccc4)[C@]2(C)[C@H]1OC(=O)c1ccco1)C(C)(C)O3. The Morgan fingerprint density at radius 2 is 1.63 bits per heavy atom. The van der Waals surface area contributed by atoms with E-state index < -0.39 is 58.4 Å². The summed E-state index contributed by atoms with van der Waals surface area (Å²) in [5, 5.41) is 12.0. The van der Waals surface area contributed by atoms with Crippen molar-refractivity contribution < 1.29 is 42.9 Å². The van der Waals surface area contributed by atoms with E-state index in [1.807, 2.05) is 13.8 Å². The van der Waals surface area contributed by atoms with Gasteiger partial charge >= 0.3 is 17.9 Å². The first-order chi connectivity index (χ1) is 17.8. The van der Waals surface area contributed by atoms with Crippen LogP contribution in [-0.4, -0.2) is 58.1 Å². The van der Waals surface area contributed by atoms with Gasteiger partial charge < -0.3 is 28.5 Å². The summed E-state index contributed by atoms with van der Waals surface area (Å²) in [4.78, 5) is 38.7. The molecule has 0 amide bonds. The molecule has 1 N–H and O–H groups in total. The summed E-state index contributed by atoms with van der Waals surface area (Å²) in [5.74, 6) is -1.98. The van der Waals surface area contributed by atoms with E-state index in [9.17, 15) is 19.5 Å². The van der Waals surface area contributed by atoms with E-state index in [-0.39, 0.29) is 18.1 Å². The van der Waals surface area contributed by atoms with Gasteiger partial charge in [0.25, 0.3) is 0 Å². The Morgan fingerprint density at radius 1 is 0.921 bits per heavy atom. The van der Waals surface area contributed by atoms with Gasteiger partial charge in [-0.25, -0.2) is 9.59 Å². The van der Waals surface area contributed by atoms with Crippen molar-refractivity contribution in [3.05, 3.63) is 60.1 Å². The fourth-order valence-corrected chi connectivity index (χ4v) is 7.03. The van der Waals surface area contributed by atoms with Crippen LogP contribution in [0.15, 0.2) is 53.1 Å². The third-order valence-electron chi connectivity index (χ3n) is 8.92. The summed E-state index contributed by atoms with van der Waals surface area (Å²) in [5.41, 5.74) is -4.39. The van der Waals surface area contributed by atoms with Gasteiger partial charge in [0.05, 0.1) is 28.4 Å². The summed E-state index contributed by atoms with van der Waals surface area (Å²) < 4.78 is 29.9. The average molecular weight is 527 g/mol. The molecular formula is C29H34O9. The largest absolute Gasteiger partial charge is 0.458 e. The first kappa shape index (κ1) is 26.4. The highest BCUT2D eigenvalue weighted by atomic mass is 16.6. The van der Waals surface area contributed by atoms with Gasteiger partial charge in [-0.15, -0.1) is 0 Å². The summed E-state index contributed by atoms with van der Waals surface area (Å²) in [7, 11) is 0. The molecular weight excluding hydrogens is 492 g/mol. The number of hydrogen-bond donors (Lipinski definition) is 1. The van der Waals surface area contributed by atoms with Gasteiger partial charge in [-0.2, -0.15) is 0 Å². The number of furan rings is 1. The van der Waals surface area contributed by atoms with E-state index in [0.29, 0.717) is 18.4 Å². The van der Waals surface area contributed by atoms with Crippen molar-refractivity contribution in [1.82, 2.24) is 0 Å². The number of hydrogen-bond acceptors (Lipinski definition) is 9. The molecule has 38 heavy (non-hydrogen) atoms. The van der Waals surface area contributed by atoms with E-state index in [1.165, 1.54) is 19.3 Å². The Morgan fingerprint density at radius 3 is 2.26 bits per heavy atom. The predicted molar refractivity (Wildman–Crippen MR) is 133 cm³/mol. The third-order valence-corrected chi connectivity index (χ3v) is 8.92. The molecule has 1 aromatic heterocycles. The molecule has 2 heterocycles. The molecule has 2 saturated carbocycles. The molecule has 0 unspecified atom stereocenters. The summed E-state index contributed by atoms with van der Waals surface area (Å²) in [6, 6.07) is 11.6. The fraction of sp³-hybridized carbons (Fsp3) is 0.552. The van der Waals surface area contributed by atoms with Crippen LogP contribution in [0, 0.1) is 11.3 Å². The molecule has 1 spiro atoms. The second kappa shape index (κ2) is 8.95. The maximum atomic E-state index is 13.3. The van der Waals surface area contributed by atoms with Crippen LogP contribution < -0.4 is 0 Å². The van der Waals surface area contributed by atoms with E-state index in [1.54, 1.807) is 50.2 Å². The first-order valence-corrected chi connectivity index (χ1v) is 12.9. The zero-order chi connectivity index (χ0) is 27.5. The number of ether oxygens (including phenoxy) is 4. The summed E-state index contributed by atoms with van der Waals surface area (Å²) in [6.45, 7) is 8.59. The van der Waals surface area contributed by atoms with Crippen molar-refractivity contribution >= 4 is 17.9 Å². The Hall–Kier alpha value is -3.17. The van der Waals surface area contributed by atoms with Gasteiger partial charge in [-0.3, -0.25) is 4.79 Å². The normalized spacial score (nSPS) is 37.1. The number of carbonyl (C=O) groups excluding carboxylic acids is 3. The van der Waals surface area contributed by atoms with Gasteiger partial charge in [0.15, 0.2) is 6.10 Å². The molecule has 204 valence electrons. The Balaban J connectivity index is 1.64. The maximum Gasteiger partial charge on any atom is 0.374 e. The van der Waals surface area contributed by atoms with Crippen LogP contribution in [-0.2, 0) is 23.7 Å². The minimum Gasteiger partial charge on any atom is -0.458 e. The van der Waals surface area contributed by atoms with E-state index in [4.69, 9.17) is 23.4 Å². The van der Waals surface area contributed by atoms with Crippen molar-refractivity contribution in [2.24, 2.45) is 11.3 Å². The van der Waals surface area contributed by atoms with E-state index >= 15 is 0 Å². The minimum absolute atomic E-state index is 0.0271. The van der Waals surface area contributed by atoms with Crippen molar-refractivity contribution in [3.63, 3.8) is 0 Å². The summed E-state index contributed by atoms with van der Waals surface area (Å²) in [6.07, 6.45) is -0.818. The molecule has 5 rings (SSSR count). The molecule has 2 aromatic rings. The second-order valence-electron chi connectivity index (χ2n) is 11.6. The van der Waals surface area contributed by atoms with Crippen LogP contribution in [0.2, 0.25) is 0 Å². The van der Waals surface area contributed by atoms with Crippen LogP contribution in [0.4, 0.5) is 0 Å². The lowest BCUT2D eigenvalue weighted by Crippen LogP contribution is -2.77. The van der Waals surface area contributed by atoms with E-state index in [0.717, 1.165) is 0 Å². The number of fused-ring (bicyclic) bond motifs is 1. The zero-order valence-corrected chi connectivity index (χ0v) is 22.3. The van der Waals surface area contributed by atoms with Gasteiger partial charge in [0.1, 0.15) is 17.8 Å². The van der Waals surface area contributed by atoms with Crippen LogP contribution in [0.5, 0.6) is 0 Å². The number of esters is 3. The smallest absolute Gasteiger partial charge is 0.374 e. The maximum absolute atomic E-state index is 13.3. The highest BCUT2D eigenvalue weighted by Crippen LogP contribution is 2.68. The van der Waals surface area contributed by atoms with Crippen LogP contribution >= 0.6 is 0 Å². The first-order valence-electron chi connectivity index (χ1n) is 12.9. The predicted octanol–water partition coefficient (Wildman–Crippen LogP) is 4.08. The molecule has 1 saturated heterocycles. The van der Waals surface area contributed by atoms with Gasteiger partial charge in [0, 0.05) is 13.3 Å². The molecule has 3 fully saturated rings. The van der Waals surface area contributed by atoms with Crippen molar-refractivity contribution in [2.45, 2.75) is 89.0 Å². The van der Waals surface area contributed by atoms with Crippen molar-refractivity contribution in [1.29, 1.82) is 0 Å². The topological polar surface area (TPSA) is 122 Å². The molecule has 2 bridgehead atoms. The fourth-order valence-electron chi connectivity index (χ4n) is 7.03.